The third-order valence-corrected chi connectivity index (χ3v) is 4.52. The van der Waals surface area contributed by atoms with Crippen LogP contribution in [0.4, 0.5) is 0 Å². The maximum absolute atomic E-state index is 12.5. The second-order valence-electron chi connectivity index (χ2n) is 6.00. The first kappa shape index (κ1) is 15.6. The summed E-state index contributed by atoms with van der Waals surface area (Å²) in [5, 5.41) is 7.54. The van der Waals surface area contributed by atoms with Crippen molar-refractivity contribution >= 4 is 5.91 Å². The van der Waals surface area contributed by atoms with Crippen molar-refractivity contribution in [1.82, 2.24) is 15.1 Å². The van der Waals surface area contributed by atoms with E-state index in [4.69, 9.17) is 4.74 Å². The maximum Gasteiger partial charge on any atom is 0.227 e. The third-order valence-electron chi connectivity index (χ3n) is 4.52. The SMILES string of the molecule is CCn1nc(C)c(CNC(=O)[C@H]2COc3ccccc3C2)c1C. The summed E-state index contributed by atoms with van der Waals surface area (Å²) in [7, 11) is 0. The predicted molar refractivity (Wildman–Crippen MR) is 88.4 cm³/mol. The highest BCUT2D eigenvalue weighted by atomic mass is 16.5. The maximum atomic E-state index is 12.5. The van der Waals surface area contributed by atoms with Crippen molar-refractivity contribution in [3.63, 3.8) is 0 Å². The highest BCUT2D eigenvalue weighted by Gasteiger charge is 2.26. The lowest BCUT2D eigenvalue weighted by Gasteiger charge is -2.24. The largest absolute Gasteiger partial charge is 0.492 e. The van der Waals surface area contributed by atoms with Crippen LogP contribution in [0.15, 0.2) is 24.3 Å². The van der Waals surface area contributed by atoms with E-state index < -0.39 is 0 Å². The highest BCUT2D eigenvalue weighted by Crippen LogP contribution is 2.26. The Bertz CT molecular complexity index is 721. The Morgan fingerprint density at radius 1 is 1.39 bits per heavy atom. The Hall–Kier alpha value is -2.30. The van der Waals surface area contributed by atoms with E-state index in [1.54, 1.807) is 0 Å². The lowest BCUT2D eigenvalue weighted by Crippen LogP contribution is -2.37. The molecule has 0 fully saturated rings. The molecule has 5 heteroatoms. The van der Waals surface area contributed by atoms with Gasteiger partial charge in [-0.3, -0.25) is 9.48 Å². The minimum absolute atomic E-state index is 0.0440. The number of nitrogens with one attached hydrogen (secondary N) is 1. The number of para-hydroxylation sites is 1. The molecule has 0 radical (unpaired) electrons. The number of amides is 1. The van der Waals surface area contributed by atoms with Gasteiger partial charge in [0.05, 0.1) is 11.6 Å². The minimum atomic E-state index is -0.133. The molecule has 1 amide bonds. The number of ether oxygens (including phenoxy) is 1. The average molecular weight is 313 g/mol. The van der Waals surface area contributed by atoms with Gasteiger partial charge in [-0.25, -0.2) is 0 Å². The fourth-order valence-electron chi connectivity index (χ4n) is 3.11. The fourth-order valence-corrected chi connectivity index (χ4v) is 3.11. The molecule has 1 aromatic carbocycles. The second-order valence-corrected chi connectivity index (χ2v) is 6.00. The molecule has 0 saturated heterocycles. The zero-order chi connectivity index (χ0) is 16.4. The summed E-state index contributed by atoms with van der Waals surface area (Å²) in [6.45, 7) is 7.90. The van der Waals surface area contributed by atoms with Crippen molar-refractivity contribution in [2.24, 2.45) is 5.92 Å². The zero-order valence-electron chi connectivity index (χ0n) is 13.9. The summed E-state index contributed by atoms with van der Waals surface area (Å²) in [5.41, 5.74) is 4.31. The van der Waals surface area contributed by atoms with E-state index in [1.165, 1.54) is 0 Å². The summed E-state index contributed by atoms with van der Waals surface area (Å²) >= 11 is 0. The number of carbonyl (C=O) groups excluding carboxylic acids is 1. The van der Waals surface area contributed by atoms with E-state index in [2.05, 4.69) is 17.3 Å². The quantitative estimate of drug-likeness (QED) is 0.943. The molecule has 0 unspecified atom stereocenters. The smallest absolute Gasteiger partial charge is 0.227 e. The van der Waals surface area contributed by atoms with E-state index in [0.717, 1.165) is 41.2 Å². The lowest BCUT2D eigenvalue weighted by molar-refractivity contribution is -0.126. The highest BCUT2D eigenvalue weighted by molar-refractivity contribution is 5.79. The summed E-state index contributed by atoms with van der Waals surface area (Å²) in [5.74, 6) is 0.807. The zero-order valence-corrected chi connectivity index (χ0v) is 13.9. The monoisotopic (exact) mass is 313 g/mol. The predicted octanol–water partition coefficient (Wildman–Crippen LogP) is 2.39. The van der Waals surface area contributed by atoms with Crippen molar-refractivity contribution in [3.8, 4) is 5.75 Å². The van der Waals surface area contributed by atoms with E-state index >= 15 is 0 Å². The number of hydrogen-bond donors (Lipinski definition) is 1. The average Bonchev–Trinajstić information content (AvgIpc) is 2.85. The van der Waals surface area contributed by atoms with Crippen molar-refractivity contribution in [2.75, 3.05) is 6.61 Å². The molecule has 23 heavy (non-hydrogen) atoms. The number of benzene rings is 1. The van der Waals surface area contributed by atoms with Crippen LogP contribution in [-0.2, 0) is 24.3 Å². The summed E-state index contributed by atoms with van der Waals surface area (Å²) in [6.07, 6.45) is 0.730. The van der Waals surface area contributed by atoms with Crippen molar-refractivity contribution < 1.29 is 9.53 Å². The third kappa shape index (κ3) is 3.09. The molecular formula is C18H23N3O2. The molecule has 122 valence electrons. The number of aromatic nitrogens is 2. The van der Waals surface area contributed by atoms with Crippen molar-refractivity contribution in [1.29, 1.82) is 0 Å². The van der Waals surface area contributed by atoms with E-state index in [1.807, 2.05) is 42.8 Å². The summed E-state index contributed by atoms with van der Waals surface area (Å²) < 4.78 is 7.67. The minimum Gasteiger partial charge on any atom is -0.492 e. The second kappa shape index (κ2) is 6.44. The molecule has 2 heterocycles. The van der Waals surface area contributed by atoms with Crippen LogP contribution < -0.4 is 10.1 Å². The van der Waals surface area contributed by atoms with Gasteiger partial charge in [0, 0.05) is 24.3 Å². The topological polar surface area (TPSA) is 56.2 Å². The van der Waals surface area contributed by atoms with Gasteiger partial charge in [0.25, 0.3) is 0 Å². The van der Waals surface area contributed by atoms with Crippen molar-refractivity contribution in [3.05, 3.63) is 46.8 Å². The van der Waals surface area contributed by atoms with Crippen LogP contribution in [0.25, 0.3) is 0 Å². The molecule has 1 aliphatic heterocycles. The van der Waals surface area contributed by atoms with Gasteiger partial charge in [-0.15, -0.1) is 0 Å². The first-order valence-electron chi connectivity index (χ1n) is 8.11. The Balaban J connectivity index is 1.64. The van der Waals surface area contributed by atoms with Gasteiger partial charge in [0.2, 0.25) is 5.91 Å². The number of nitrogens with zero attached hydrogens (tertiary/aromatic N) is 2. The van der Waals surface area contributed by atoms with Crippen LogP contribution in [0.3, 0.4) is 0 Å². The van der Waals surface area contributed by atoms with Gasteiger partial charge in [-0.1, -0.05) is 18.2 Å². The van der Waals surface area contributed by atoms with Crippen LogP contribution in [0.5, 0.6) is 5.75 Å². The normalized spacial score (nSPS) is 16.6. The first-order valence-corrected chi connectivity index (χ1v) is 8.11. The van der Waals surface area contributed by atoms with Gasteiger partial charge in [-0.05, 0) is 38.8 Å². The molecule has 1 atom stereocenters. The summed E-state index contributed by atoms with van der Waals surface area (Å²) in [6, 6.07) is 7.91. The molecule has 1 N–H and O–H groups in total. The van der Waals surface area contributed by atoms with Gasteiger partial charge >= 0.3 is 0 Å². The van der Waals surface area contributed by atoms with Gasteiger partial charge in [0.15, 0.2) is 0 Å². The van der Waals surface area contributed by atoms with Crippen LogP contribution >= 0.6 is 0 Å². The van der Waals surface area contributed by atoms with E-state index in [-0.39, 0.29) is 11.8 Å². The lowest BCUT2D eigenvalue weighted by atomic mass is 9.96. The number of fused-ring (bicyclic) bond motifs is 1. The van der Waals surface area contributed by atoms with Crippen LogP contribution in [-0.4, -0.2) is 22.3 Å². The van der Waals surface area contributed by atoms with E-state index in [9.17, 15) is 4.79 Å². The van der Waals surface area contributed by atoms with Gasteiger partial charge in [-0.2, -0.15) is 5.10 Å². The molecule has 0 bridgehead atoms. The molecule has 1 aromatic heterocycles. The molecular weight excluding hydrogens is 290 g/mol. The fraction of sp³-hybridized carbons (Fsp3) is 0.444. The Morgan fingerprint density at radius 2 is 2.17 bits per heavy atom. The Morgan fingerprint density at radius 3 is 2.91 bits per heavy atom. The van der Waals surface area contributed by atoms with Gasteiger partial charge < -0.3 is 10.1 Å². The molecule has 0 saturated carbocycles. The number of hydrogen-bond acceptors (Lipinski definition) is 3. The van der Waals surface area contributed by atoms with Crippen LogP contribution in [0.2, 0.25) is 0 Å². The number of carbonyl (C=O) groups is 1. The Kier molecular flexibility index (Phi) is 4.37. The standard InChI is InChI=1S/C18H23N3O2/c1-4-21-13(3)16(12(2)20-21)10-19-18(22)15-9-14-7-5-6-8-17(14)23-11-15/h5-8,15H,4,9-11H2,1-3H3,(H,19,22)/t15-/m1/s1. The van der Waals surface area contributed by atoms with Crippen LogP contribution in [0, 0.1) is 19.8 Å². The molecule has 0 aliphatic carbocycles. The number of aryl methyl sites for hydroxylation is 2. The molecule has 1 aliphatic rings. The molecule has 0 spiro atoms. The van der Waals surface area contributed by atoms with Gasteiger partial charge in [0.1, 0.15) is 12.4 Å². The van der Waals surface area contributed by atoms with Crippen LogP contribution in [0.1, 0.15) is 29.4 Å². The van der Waals surface area contributed by atoms with Crippen molar-refractivity contribution in [2.45, 2.75) is 40.3 Å². The molecule has 2 aromatic rings. The number of rotatable bonds is 4. The molecule has 3 rings (SSSR count). The van der Waals surface area contributed by atoms with E-state index in [0.29, 0.717) is 13.2 Å². The Labute approximate surface area is 136 Å². The summed E-state index contributed by atoms with van der Waals surface area (Å²) in [4.78, 5) is 12.5. The first-order chi connectivity index (χ1) is 11.1. The molecule has 5 nitrogen and oxygen atoms in total.